The maximum absolute atomic E-state index is 12.7. The van der Waals surface area contributed by atoms with Gasteiger partial charge in [-0.25, -0.2) is 0 Å². The standard InChI is InChI=1S/C17H22N2O2/c1-17(2)19-15(11-21-17)13-9-18(10-14(13)16(19)20)8-12-6-4-3-5-7-12/h3-7,13-15H,8-11H2,1-2H3/t13-,14+,15+/m0/s1. The van der Waals surface area contributed by atoms with E-state index in [4.69, 9.17) is 4.74 Å². The van der Waals surface area contributed by atoms with E-state index in [1.807, 2.05) is 24.8 Å². The summed E-state index contributed by atoms with van der Waals surface area (Å²) in [6.45, 7) is 7.55. The van der Waals surface area contributed by atoms with Gasteiger partial charge >= 0.3 is 0 Å². The molecule has 0 spiro atoms. The zero-order chi connectivity index (χ0) is 14.6. The first kappa shape index (κ1) is 13.3. The van der Waals surface area contributed by atoms with E-state index in [9.17, 15) is 4.79 Å². The lowest BCUT2D eigenvalue weighted by molar-refractivity contribution is -0.145. The SMILES string of the molecule is CC1(C)OC[C@@H]2[C@H]3CN(Cc4ccccc4)C[C@H]3C(=O)N21. The van der Waals surface area contributed by atoms with Gasteiger partial charge in [-0.2, -0.15) is 0 Å². The van der Waals surface area contributed by atoms with Crippen LogP contribution in [0, 0.1) is 11.8 Å². The quantitative estimate of drug-likeness (QED) is 0.830. The fourth-order valence-electron chi connectivity index (χ4n) is 4.29. The number of likely N-dealkylation sites (tertiary alicyclic amines) is 1. The van der Waals surface area contributed by atoms with Crippen LogP contribution in [0.25, 0.3) is 0 Å². The van der Waals surface area contributed by atoms with Gasteiger partial charge in [0.05, 0.1) is 18.6 Å². The Morgan fingerprint density at radius 3 is 2.76 bits per heavy atom. The van der Waals surface area contributed by atoms with Crippen molar-refractivity contribution in [2.24, 2.45) is 11.8 Å². The smallest absolute Gasteiger partial charge is 0.229 e. The van der Waals surface area contributed by atoms with Crippen LogP contribution in [-0.4, -0.2) is 47.2 Å². The molecule has 3 aliphatic heterocycles. The number of rotatable bonds is 2. The fraction of sp³-hybridized carbons (Fsp3) is 0.588. The molecule has 0 N–H and O–H groups in total. The van der Waals surface area contributed by atoms with Crippen LogP contribution in [-0.2, 0) is 16.1 Å². The van der Waals surface area contributed by atoms with Gasteiger partial charge in [0.15, 0.2) is 0 Å². The van der Waals surface area contributed by atoms with E-state index < -0.39 is 5.72 Å². The van der Waals surface area contributed by atoms with Gasteiger partial charge in [0.2, 0.25) is 5.91 Å². The van der Waals surface area contributed by atoms with E-state index in [0.29, 0.717) is 18.4 Å². The maximum atomic E-state index is 12.7. The van der Waals surface area contributed by atoms with Crippen molar-refractivity contribution in [2.75, 3.05) is 19.7 Å². The van der Waals surface area contributed by atoms with E-state index in [-0.39, 0.29) is 12.0 Å². The Hall–Kier alpha value is -1.39. The number of nitrogens with zero attached hydrogens (tertiary/aromatic N) is 2. The number of benzene rings is 1. The van der Waals surface area contributed by atoms with Gasteiger partial charge in [0.1, 0.15) is 5.72 Å². The largest absolute Gasteiger partial charge is 0.354 e. The lowest BCUT2D eigenvalue weighted by atomic mass is 9.94. The van der Waals surface area contributed by atoms with Crippen molar-refractivity contribution >= 4 is 5.91 Å². The molecule has 0 aliphatic carbocycles. The summed E-state index contributed by atoms with van der Waals surface area (Å²) in [6.07, 6.45) is 0. The molecule has 112 valence electrons. The third kappa shape index (κ3) is 2.00. The summed E-state index contributed by atoms with van der Waals surface area (Å²) in [7, 11) is 0. The predicted molar refractivity (Wildman–Crippen MR) is 79.4 cm³/mol. The monoisotopic (exact) mass is 286 g/mol. The number of amides is 1. The van der Waals surface area contributed by atoms with Crippen LogP contribution in [0.5, 0.6) is 0 Å². The van der Waals surface area contributed by atoms with Crippen LogP contribution in [0.2, 0.25) is 0 Å². The van der Waals surface area contributed by atoms with Gasteiger partial charge in [-0.05, 0) is 19.4 Å². The van der Waals surface area contributed by atoms with Crippen molar-refractivity contribution in [3.8, 4) is 0 Å². The second-order valence-electron chi connectivity index (χ2n) is 6.98. The zero-order valence-corrected chi connectivity index (χ0v) is 12.7. The Bertz CT molecular complexity index is 557. The summed E-state index contributed by atoms with van der Waals surface area (Å²) >= 11 is 0. The van der Waals surface area contributed by atoms with Gasteiger partial charge in [-0.1, -0.05) is 30.3 Å². The molecule has 0 unspecified atom stereocenters. The summed E-state index contributed by atoms with van der Waals surface area (Å²) in [6, 6.07) is 10.8. The minimum atomic E-state index is -0.420. The third-order valence-electron chi connectivity index (χ3n) is 5.26. The topological polar surface area (TPSA) is 32.8 Å². The molecule has 0 bridgehead atoms. The molecule has 3 atom stereocenters. The van der Waals surface area contributed by atoms with Gasteiger partial charge in [0, 0.05) is 25.6 Å². The van der Waals surface area contributed by atoms with Crippen LogP contribution in [0.15, 0.2) is 30.3 Å². The highest BCUT2D eigenvalue weighted by molar-refractivity contribution is 5.83. The summed E-state index contributed by atoms with van der Waals surface area (Å²) in [5.74, 6) is 0.896. The van der Waals surface area contributed by atoms with Crippen LogP contribution >= 0.6 is 0 Å². The Morgan fingerprint density at radius 1 is 1.24 bits per heavy atom. The molecular formula is C17H22N2O2. The van der Waals surface area contributed by atoms with Crippen LogP contribution in [0.3, 0.4) is 0 Å². The van der Waals surface area contributed by atoms with Crippen LogP contribution < -0.4 is 0 Å². The Kier molecular flexibility index (Phi) is 2.88. The Labute approximate surface area is 125 Å². The lowest BCUT2D eigenvalue weighted by Gasteiger charge is -2.31. The van der Waals surface area contributed by atoms with Crippen LogP contribution in [0.4, 0.5) is 0 Å². The van der Waals surface area contributed by atoms with E-state index >= 15 is 0 Å². The molecule has 1 aromatic carbocycles. The number of ether oxygens (including phenoxy) is 1. The molecule has 1 aromatic rings. The summed E-state index contributed by atoms with van der Waals surface area (Å²) in [5, 5.41) is 0. The van der Waals surface area contributed by atoms with Crippen molar-refractivity contribution < 1.29 is 9.53 Å². The molecule has 4 nitrogen and oxygen atoms in total. The molecule has 3 heterocycles. The molecule has 21 heavy (non-hydrogen) atoms. The average molecular weight is 286 g/mol. The van der Waals surface area contributed by atoms with Gasteiger partial charge in [-0.3, -0.25) is 9.69 Å². The number of carbonyl (C=O) groups is 1. The minimum Gasteiger partial charge on any atom is -0.354 e. The van der Waals surface area contributed by atoms with Crippen molar-refractivity contribution in [1.29, 1.82) is 0 Å². The van der Waals surface area contributed by atoms with Gasteiger partial charge in [-0.15, -0.1) is 0 Å². The molecule has 1 amide bonds. The van der Waals surface area contributed by atoms with Gasteiger partial charge in [0.25, 0.3) is 0 Å². The second-order valence-corrected chi connectivity index (χ2v) is 6.98. The highest BCUT2D eigenvalue weighted by Crippen LogP contribution is 2.45. The van der Waals surface area contributed by atoms with E-state index in [2.05, 4.69) is 29.2 Å². The minimum absolute atomic E-state index is 0.168. The lowest BCUT2D eigenvalue weighted by Crippen LogP contribution is -2.46. The van der Waals surface area contributed by atoms with E-state index in [1.54, 1.807) is 0 Å². The molecule has 3 aliphatic rings. The zero-order valence-electron chi connectivity index (χ0n) is 12.7. The summed E-state index contributed by atoms with van der Waals surface area (Å²) in [4.78, 5) is 17.1. The van der Waals surface area contributed by atoms with Gasteiger partial charge < -0.3 is 9.64 Å². The van der Waals surface area contributed by atoms with Crippen molar-refractivity contribution in [3.05, 3.63) is 35.9 Å². The molecular weight excluding hydrogens is 264 g/mol. The van der Waals surface area contributed by atoms with Crippen LogP contribution in [0.1, 0.15) is 19.4 Å². The van der Waals surface area contributed by atoms with Crippen molar-refractivity contribution in [2.45, 2.75) is 32.2 Å². The maximum Gasteiger partial charge on any atom is 0.229 e. The first-order chi connectivity index (χ1) is 10.1. The summed E-state index contributed by atoms with van der Waals surface area (Å²) < 4.78 is 5.83. The number of hydrogen-bond donors (Lipinski definition) is 0. The predicted octanol–water partition coefficient (Wildman–Crippen LogP) is 1.71. The van der Waals surface area contributed by atoms with E-state index in [0.717, 1.165) is 19.6 Å². The molecule has 0 aromatic heterocycles. The number of fused-ring (bicyclic) bond motifs is 3. The molecule has 4 heteroatoms. The second kappa shape index (κ2) is 4.55. The molecule has 3 saturated heterocycles. The average Bonchev–Trinajstić information content (AvgIpc) is 3.06. The highest BCUT2D eigenvalue weighted by Gasteiger charge is 2.59. The van der Waals surface area contributed by atoms with Crippen molar-refractivity contribution in [3.63, 3.8) is 0 Å². The number of carbonyl (C=O) groups excluding carboxylic acids is 1. The molecule has 4 rings (SSSR count). The first-order valence-electron chi connectivity index (χ1n) is 7.80. The Morgan fingerprint density at radius 2 is 2.00 bits per heavy atom. The third-order valence-corrected chi connectivity index (χ3v) is 5.26. The van der Waals surface area contributed by atoms with E-state index in [1.165, 1.54) is 5.56 Å². The fourth-order valence-corrected chi connectivity index (χ4v) is 4.29. The summed E-state index contributed by atoms with van der Waals surface area (Å²) in [5.41, 5.74) is 0.904. The highest BCUT2D eigenvalue weighted by atomic mass is 16.5. The number of hydrogen-bond acceptors (Lipinski definition) is 3. The first-order valence-corrected chi connectivity index (χ1v) is 7.80. The van der Waals surface area contributed by atoms with Crippen molar-refractivity contribution in [1.82, 2.24) is 9.80 Å². The normalized spacial score (nSPS) is 34.3. The molecule has 0 saturated carbocycles. The Balaban J connectivity index is 1.50. The molecule has 3 fully saturated rings. The molecule has 0 radical (unpaired) electrons.